The van der Waals surface area contributed by atoms with Crippen molar-refractivity contribution in [3.63, 3.8) is 0 Å². The summed E-state index contributed by atoms with van der Waals surface area (Å²) in [5, 5.41) is 13.9. The highest BCUT2D eigenvalue weighted by Gasteiger charge is 2.10. The van der Waals surface area contributed by atoms with Crippen molar-refractivity contribution < 1.29 is 19.4 Å². The molecule has 1 aromatic rings. The molecule has 1 aromatic carbocycles. The summed E-state index contributed by atoms with van der Waals surface area (Å²) in [6.45, 7) is 3.78. The normalized spacial score (nSPS) is 9.39. The van der Waals surface area contributed by atoms with Crippen LogP contribution in [0.2, 0.25) is 0 Å². The Labute approximate surface area is 104 Å². The molecule has 0 heterocycles. The summed E-state index contributed by atoms with van der Waals surface area (Å²) in [5.74, 6) is -0.694. The van der Waals surface area contributed by atoms with Gasteiger partial charge in [-0.3, -0.25) is 0 Å². The number of anilines is 1. The molecule has 0 fully saturated rings. The first kappa shape index (κ1) is 13.6. The molecule has 0 aliphatic rings. The van der Waals surface area contributed by atoms with Gasteiger partial charge < -0.3 is 20.5 Å². The lowest BCUT2D eigenvalue weighted by atomic mass is 10.2. The molecule has 0 aliphatic heterocycles. The fourth-order valence-electron chi connectivity index (χ4n) is 1.27. The van der Waals surface area contributed by atoms with Crippen LogP contribution >= 0.6 is 0 Å². The minimum atomic E-state index is -1.08. The van der Waals surface area contributed by atoms with E-state index >= 15 is 0 Å². The van der Waals surface area contributed by atoms with Crippen molar-refractivity contribution in [3.05, 3.63) is 36.4 Å². The van der Waals surface area contributed by atoms with Crippen LogP contribution in [-0.4, -0.2) is 30.8 Å². The molecule has 0 spiro atoms. The largest absolute Gasteiger partial charge is 0.495 e. The molecule has 0 atom stereocenters. The topological polar surface area (TPSA) is 87.7 Å². The highest BCUT2D eigenvalue weighted by atomic mass is 16.5. The summed E-state index contributed by atoms with van der Waals surface area (Å²) in [6.07, 6.45) is 1.53. The van der Waals surface area contributed by atoms with Gasteiger partial charge in [-0.25, -0.2) is 9.59 Å². The summed E-state index contributed by atoms with van der Waals surface area (Å²) in [7, 11) is 1.43. The van der Waals surface area contributed by atoms with E-state index in [-0.39, 0.29) is 5.56 Å². The van der Waals surface area contributed by atoms with Crippen molar-refractivity contribution in [2.75, 3.05) is 19.0 Å². The zero-order chi connectivity index (χ0) is 13.5. The highest BCUT2D eigenvalue weighted by molar-refractivity contribution is 5.94. The van der Waals surface area contributed by atoms with Crippen LogP contribution in [0.1, 0.15) is 10.4 Å². The Balaban J connectivity index is 2.90. The minimum absolute atomic E-state index is 0.0646. The molecular formula is C12H14N2O4. The molecule has 0 unspecified atom stereocenters. The Hall–Kier alpha value is -2.50. The van der Waals surface area contributed by atoms with Gasteiger partial charge in [-0.2, -0.15) is 0 Å². The Bertz CT molecular complexity index is 471. The second kappa shape index (κ2) is 6.29. The van der Waals surface area contributed by atoms with Crippen LogP contribution in [0.15, 0.2) is 30.9 Å². The molecule has 6 heteroatoms. The van der Waals surface area contributed by atoms with Gasteiger partial charge in [-0.05, 0) is 18.2 Å². The second-order valence-electron chi connectivity index (χ2n) is 3.34. The zero-order valence-electron chi connectivity index (χ0n) is 9.90. The van der Waals surface area contributed by atoms with Crippen LogP contribution in [0, 0.1) is 0 Å². The van der Waals surface area contributed by atoms with E-state index in [9.17, 15) is 9.59 Å². The molecule has 96 valence electrons. The first-order valence-corrected chi connectivity index (χ1v) is 5.15. The van der Waals surface area contributed by atoms with Crippen molar-refractivity contribution in [1.29, 1.82) is 0 Å². The van der Waals surface area contributed by atoms with Crippen LogP contribution < -0.4 is 15.4 Å². The Morgan fingerprint density at radius 3 is 2.78 bits per heavy atom. The molecule has 0 saturated carbocycles. The van der Waals surface area contributed by atoms with E-state index in [0.29, 0.717) is 18.0 Å². The van der Waals surface area contributed by atoms with Gasteiger partial charge in [0, 0.05) is 6.54 Å². The number of carboxylic acid groups (broad SMARTS) is 1. The fourth-order valence-corrected chi connectivity index (χ4v) is 1.27. The third-order valence-electron chi connectivity index (χ3n) is 2.10. The number of benzene rings is 1. The number of nitrogens with one attached hydrogen (secondary N) is 2. The number of carbonyl (C=O) groups is 2. The standard InChI is InChI=1S/C12H14N2O4/c1-3-6-13-12(17)14-9-7-8(11(15)16)4-5-10(9)18-2/h3-5,7H,1,6H2,2H3,(H,15,16)(H2,13,14,17). The van der Waals surface area contributed by atoms with Crippen LogP contribution in [0.3, 0.4) is 0 Å². The van der Waals surface area contributed by atoms with E-state index in [1.807, 2.05) is 0 Å². The molecular weight excluding hydrogens is 236 g/mol. The zero-order valence-corrected chi connectivity index (χ0v) is 9.90. The van der Waals surface area contributed by atoms with Gasteiger partial charge in [0.1, 0.15) is 5.75 Å². The van der Waals surface area contributed by atoms with Crippen LogP contribution in [-0.2, 0) is 0 Å². The van der Waals surface area contributed by atoms with Crippen molar-refractivity contribution in [1.82, 2.24) is 5.32 Å². The number of ether oxygens (including phenoxy) is 1. The van der Waals surface area contributed by atoms with Crippen LogP contribution in [0.4, 0.5) is 10.5 Å². The van der Waals surface area contributed by atoms with E-state index < -0.39 is 12.0 Å². The van der Waals surface area contributed by atoms with Crippen molar-refractivity contribution in [3.8, 4) is 5.75 Å². The number of amides is 2. The number of carbonyl (C=O) groups excluding carboxylic acids is 1. The van der Waals surface area contributed by atoms with Gasteiger partial charge >= 0.3 is 12.0 Å². The number of aromatic carboxylic acids is 1. The minimum Gasteiger partial charge on any atom is -0.495 e. The Morgan fingerprint density at radius 2 is 2.22 bits per heavy atom. The van der Waals surface area contributed by atoms with Gasteiger partial charge in [-0.15, -0.1) is 6.58 Å². The monoisotopic (exact) mass is 250 g/mol. The summed E-state index contributed by atoms with van der Waals surface area (Å²) >= 11 is 0. The number of urea groups is 1. The Kier molecular flexibility index (Phi) is 4.74. The quantitative estimate of drug-likeness (QED) is 0.694. The first-order chi connectivity index (χ1) is 8.58. The van der Waals surface area contributed by atoms with Gasteiger partial charge in [0.15, 0.2) is 0 Å². The summed E-state index contributed by atoms with van der Waals surface area (Å²) in [4.78, 5) is 22.3. The summed E-state index contributed by atoms with van der Waals surface area (Å²) in [6, 6.07) is 3.74. The average Bonchev–Trinajstić information content (AvgIpc) is 2.36. The number of methoxy groups -OCH3 is 1. The maximum Gasteiger partial charge on any atom is 0.335 e. The SMILES string of the molecule is C=CCNC(=O)Nc1cc(C(=O)O)ccc1OC. The number of rotatable bonds is 5. The molecule has 6 nitrogen and oxygen atoms in total. The van der Waals surface area contributed by atoms with Gasteiger partial charge in [0.2, 0.25) is 0 Å². The average molecular weight is 250 g/mol. The predicted octanol–water partition coefficient (Wildman–Crippen LogP) is 1.70. The lowest BCUT2D eigenvalue weighted by Crippen LogP contribution is -2.28. The lowest BCUT2D eigenvalue weighted by Gasteiger charge is -2.11. The number of carboxylic acids is 1. The molecule has 0 aromatic heterocycles. The molecule has 18 heavy (non-hydrogen) atoms. The first-order valence-electron chi connectivity index (χ1n) is 5.15. The van der Waals surface area contributed by atoms with E-state index in [1.54, 1.807) is 0 Å². The molecule has 2 amide bonds. The maximum absolute atomic E-state index is 11.4. The van der Waals surface area contributed by atoms with E-state index in [2.05, 4.69) is 17.2 Å². The predicted molar refractivity (Wildman–Crippen MR) is 67.2 cm³/mol. The number of hydrogen-bond acceptors (Lipinski definition) is 3. The Morgan fingerprint density at radius 1 is 1.50 bits per heavy atom. The van der Waals surface area contributed by atoms with Crippen LogP contribution in [0.25, 0.3) is 0 Å². The third kappa shape index (κ3) is 3.51. The van der Waals surface area contributed by atoms with Gasteiger partial charge in [0.05, 0.1) is 18.4 Å². The smallest absolute Gasteiger partial charge is 0.335 e. The summed E-state index contributed by atoms with van der Waals surface area (Å²) < 4.78 is 5.03. The number of hydrogen-bond donors (Lipinski definition) is 3. The molecule has 3 N–H and O–H groups in total. The van der Waals surface area contributed by atoms with E-state index in [1.165, 1.54) is 31.4 Å². The molecule has 1 rings (SSSR count). The van der Waals surface area contributed by atoms with E-state index in [0.717, 1.165) is 0 Å². The summed E-state index contributed by atoms with van der Waals surface area (Å²) in [5.41, 5.74) is 0.355. The second-order valence-corrected chi connectivity index (χ2v) is 3.34. The molecule has 0 radical (unpaired) electrons. The molecule has 0 saturated heterocycles. The van der Waals surface area contributed by atoms with Crippen molar-refractivity contribution in [2.45, 2.75) is 0 Å². The fraction of sp³-hybridized carbons (Fsp3) is 0.167. The van der Waals surface area contributed by atoms with E-state index in [4.69, 9.17) is 9.84 Å². The van der Waals surface area contributed by atoms with Crippen molar-refractivity contribution >= 4 is 17.7 Å². The lowest BCUT2D eigenvalue weighted by molar-refractivity contribution is 0.0697. The van der Waals surface area contributed by atoms with Crippen LogP contribution in [0.5, 0.6) is 5.75 Å². The highest BCUT2D eigenvalue weighted by Crippen LogP contribution is 2.25. The molecule has 0 bridgehead atoms. The maximum atomic E-state index is 11.4. The third-order valence-corrected chi connectivity index (χ3v) is 2.10. The van der Waals surface area contributed by atoms with Gasteiger partial charge in [0.25, 0.3) is 0 Å². The van der Waals surface area contributed by atoms with Crippen molar-refractivity contribution in [2.24, 2.45) is 0 Å². The molecule has 0 aliphatic carbocycles. The van der Waals surface area contributed by atoms with Gasteiger partial charge in [-0.1, -0.05) is 6.08 Å².